The van der Waals surface area contributed by atoms with Gasteiger partial charge >= 0.3 is 5.97 Å². The monoisotopic (exact) mass is 268 g/mol. The molecule has 0 radical (unpaired) electrons. The van der Waals surface area contributed by atoms with Gasteiger partial charge in [0, 0.05) is 6.61 Å². The molecule has 0 aliphatic carbocycles. The molecule has 0 fully saturated rings. The Labute approximate surface area is 112 Å². The molecule has 0 saturated carbocycles. The lowest BCUT2D eigenvalue weighted by molar-refractivity contribution is 0.0696. The van der Waals surface area contributed by atoms with Gasteiger partial charge < -0.3 is 19.7 Å². The number of methoxy groups -OCH3 is 1. The van der Waals surface area contributed by atoms with Gasteiger partial charge in [-0.05, 0) is 37.5 Å². The molecule has 0 heterocycles. The van der Waals surface area contributed by atoms with Crippen molar-refractivity contribution in [3.8, 4) is 11.5 Å². The number of hydrogen-bond donors (Lipinski definition) is 2. The maximum Gasteiger partial charge on any atom is 0.335 e. The predicted octanol–water partition coefficient (Wildman–Crippen LogP) is 2.32. The zero-order valence-electron chi connectivity index (χ0n) is 11.1. The van der Waals surface area contributed by atoms with Crippen molar-refractivity contribution in [2.75, 3.05) is 20.3 Å². The van der Waals surface area contributed by atoms with Crippen molar-refractivity contribution in [2.24, 2.45) is 0 Å². The van der Waals surface area contributed by atoms with Crippen molar-refractivity contribution in [2.45, 2.75) is 25.7 Å². The highest BCUT2D eigenvalue weighted by atomic mass is 16.5. The van der Waals surface area contributed by atoms with E-state index in [1.807, 2.05) is 0 Å². The van der Waals surface area contributed by atoms with Crippen LogP contribution in [0.4, 0.5) is 0 Å². The van der Waals surface area contributed by atoms with Gasteiger partial charge in [-0.3, -0.25) is 0 Å². The molecule has 2 N–H and O–H groups in total. The number of unbranched alkanes of at least 4 members (excludes halogenated alkanes) is 3. The third-order valence-electron chi connectivity index (χ3n) is 2.72. The van der Waals surface area contributed by atoms with E-state index in [4.69, 9.17) is 19.7 Å². The average Bonchev–Trinajstić information content (AvgIpc) is 2.42. The van der Waals surface area contributed by atoms with Crippen molar-refractivity contribution in [3.05, 3.63) is 23.8 Å². The fraction of sp³-hybridized carbons (Fsp3) is 0.500. The van der Waals surface area contributed by atoms with Crippen LogP contribution < -0.4 is 9.47 Å². The van der Waals surface area contributed by atoms with E-state index in [-0.39, 0.29) is 12.2 Å². The van der Waals surface area contributed by atoms with Gasteiger partial charge in [0.15, 0.2) is 11.5 Å². The van der Waals surface area contributed by atoms with Crippen LogP contribution in [0.25, 0.3) is 0 Å². The van der Waals surface area contributed by atoms with Gasteiger partial charge in [-0.1, -0.05) is 6.42 Å². The summed E-state index contributed by atoms with van der Waals surface area (Å²) >= 11 is 0. The molecular formula is C14H20O5. The summed E-state index contributed by atoms with van der Waals surface area (Å²) in [5.41, 5.74) is 0.177. The molecule has 0 saturated heterocycles. The SMILES string of the molecule is COc1ccc(C(=O)O)cc1OCCCCCCO. The van der Waals surface area contributed by atoms with E-state index < -0.39 is 5.97 Å². The van der Waals surface area contributed by atoms with Crippen LogP contribution in [0.3, 0.4) is 0 Å². The lowest BCUT2D eigenvalue weighted by atomic mass is 10.2. The summed E-state index contributed by atoms with van der Waals surface area (Å²) in [6.07, 6.45) is 3.60. The van der Waals surface area contributed by atoms with Crippen LogP contribution in [0.1, 0.15) is 36.0 Å². The van der Waals surface area contributed by atoms with Crippen molar-refractivity contribution in [3.63, 3.8) is 0 Å². The molecule has 0 bridgehead atoms. The van der Waals surface area contributed by atoms with Crippen molar-refractivity contribution in [1.29, 1.82) is 0 Å². The Morgan fingerprint density at radius 1 is 1.16 bits per heavy atom. The van der Waals surface area contributed by atoms with Gasteiger partial charge in [0.05, 0.1) is 19.3 Å². The normalized spacial score (nSPS) is 10.2. The quantitative estimate of drug-likeness (QED) is 0.672. The van der Waals surface area contributed by atoms with Crippen LogP contribution in [0.15, 0.2) is 18.2 Å². The molecule has 5 heteroatoms. The zero-order valence-corrected chi connectivity index (χ0v) is 11.1. The number of aromatic carboxylic acids is 1. The molecule has 5 nitrogen and oxygen atoms in total. The minimum absolute atomic E-state index is 0.177. The number of benzene rings is 1. The van der Waals surface area contributed by atoms with E-state index in [2.05, 4.69) is 0 Å². The predicted molar refractivity (Wildman–Crippen MR) is 71.0 cm³/mol. The Kier molecular flexibility index (Phi) is 6.74. The van der Waals surface area contributed by atoms with Gasteiger partial charge in [-0.15, -0.1) is 0 Å². The Morgan fingerprint density at radius 2 is 1.89 bits per heavy atom. The lowest BCUT2D eigenvalue weighted by Gasteiger charge is -2.11. The van der Waals surface area contributed by atoms with Crippen LogP contribution in [-0.4, -0.2) is 36.5 Å². The van der Waals surface area contributed by atoms with Crippen LogP contribution in [0.2, 0.25) is 0 Å². The van der Waals surface area contributed by atoms with Gasteiger partial charge in [-0.25, -0.2) is 4.79 Å². The second-order valence-electron chi connectivity index (χ2n) is 4.16. The van der Waals surface area contributed by atoms with E-state index in [0.29, 0.717) is 18.1 Å². The molecule has 0 aliphatic rings. The van der Waals surface area contributed by atoms with E-state index in [1.54, 1.807) is 6.07 Å². The summed E-state index contributed by atoms with van der Waals surface area (Å²) < 4.78 is 10.7. The van der Waals surface area contributed by atoms with Crippen molar-refractivity contribution in [1.82, 2.24) is 0 Å². The highest BCUT2D eigenvalue weighted by Gasteiger charge is 2.09. The largest absolute Gasteiger partial charge is 0.493 e. The van der Waals surface area contributed by atoms with Gasteiger partial charge in [0.2, 0.25) is 0 Å². The number of ether oxygens (including phenoxy) is 2. The summed E-state index contributed by atoms with van der Waals surface area (Å²) in [6.45, 7) is 0.722. The third-order valence-corrected chi connectivity index (χ3v) is 2.72. The Hall–Kier alpha value is -1.75. The minimum atomic E-state index is -0.990. The fourth-order valence-electron chi connectivity index (χ4n) is 1.67. The van der Waals surface area contributed by atoms with E-state index in [0.717, 1.165) is 25.7 Å². The van der Waals surface area contributed by atoms with E-state index in [1.165, 1.54) is 19.2 Å². The summed E-state index contributed by atoms with van der Waals surface area (Å²) in [6, 6.07) is 4.54. The fourth-order valence-corrected chi connectivity index (χ4v) is 1.67. The smallest absolute Gasteiger partial charge is 0.335 e. The highest BCUT2D eigenvalue weighted by Crippen LogP contribution is 2.28. The number of hydrogen-bond acceptors (Lipinski definition) is 4. The molecular weight excluding hydrogens is 248 g/mol. The lowest BCUT2D eigenvalue weighted by Crippen LogP contribution is -2.02. The van der Waals surface area contributed by atoms with Gasteiger partial charge in [0.25, 0.3) is 0 Å². The maximum absolute atomic E-state index is 10.9. The van der Waals surface area contributed by atoms with Gasteiger partial charge in [-0.2, -0.15) is 0 Å². The molecule has 1 aromatic rings. The Balaban J connectivity index is 2.50. The first-order valence-electron chi connectivity index (χ1n) is 6.34. The molecule has 0 amide bonds. The first-order chi connectivity index (χ1) is 9.19. The third kappa shape index (κ3) is 5.18. The molecule has 0 spiro atoms. The number of carboxylic acid groups (broad SMARTS) is 1. The molecule has 0 atom stereocenters. The molecule has 106 valence electrons. The first-order valence-corrected chi connectivity index (χ1v) is 6.34. The number of aliphatic hydroxyl groups excluding tert-OH is 1. The van der Waals surface area contributed by atoms with Gasteiger partial charge in [0.1, 0.15) is 0 Å². The summed E-state index contributed by atoms with van der Waals surface area (Å²) in [5.74, 6) is -0.0136. The minimum Gasteiger partial charge on any atom is -0.493 e. The summed E-state index contributed by atoms with van der Waals surface area (Å²) in [7, 11) is 1.52. The summed E-state index contributed by atoms with van der Waals surface area (Å²) in [4.78, 5) is 10.9. The summed E-state index contributed by atoms with van der Waals surface area (Å²) in [5, 5.41) is 17.6. The number of carbonyl (C=O) groups is 1. The van der Waals surface area contributed by atoms with Crippen LogP contribution in [-0.2, 0) is 0 Å². The average molecular weight is 268 g/mol. The second-order valence-corrected chi connectivity index (χ2v) is 4.16. The maximum atomic E-state index is 10.9. The first kappa shape index (κ1) is 15.3. The molecule has 0 aliphatic heterocycles. The van der Waals surface area contributed by atoms with Crippen LogP contribution >= 0.6 is 0 Å². The molecule has 1 rings (SSSR count). The Bertz CT molecular complexity index is 403. The standard InChI is InChI=1S/C14H20O5/c1-18-12-7-6-11(14(16)17)10-13(12)19-9-5-3-2-4-8-15/h6-7,10,15H,2-5,8-9H2,1H3,(H,16,17). The zero-order chi connectivity index (χ0) is 14.1. The second kappa shape index (κ2) is 8.37. The highest BCUT2D eigenvalue weighted by molar-refractivity contribution is 5.88. The van der Waals surface area contributed by atoms with E-state index >= 15 is 0 Å². The molecule has 1 aromatic carbocycles. The van der Waals surface area contributed by atoms with Crippen molar-refractivity contribution >= 4 is 5.97 Å². The number of carboxylic acids is 1. The molecule has 19 heavy (non-hydrogen) atoms. The topological polar surface area (TPSA) is 76.0 Å². The Morgan fingerprint density at radius 3 is 2.53 bits per heavy atom. The van der Waals surface area contributed by atoms with Crippen molar-refractivity contribution < 1.29 is 24.5 Å². The van der Waals surface area contributed by atoms with E-state index in [9.17, 15) is 4.79 Å². The van der Waals surface area contributed by atoms with Crippen LogP contribution in [0.5, 0.6) is 11.5 Å². The van der Waals surface area contributed by atoms with Crippen LogP contribution in [0, 0.1) is 0 Å². The number of aliphatic hydroxyl groups is 1. The molecule has 0 unspecified atom stereocenters. The molecule has 0 aromatic heterocycles. The number of rotatable bonds is 9.